The van der Waals surface area contributed by atoms with Crippen molar-refractivity contribution in [1.29, 1.82) is 0 Å². The summed E-state index contributed by atoms with van der Waals surface area (Å²) in [5.41, 5.74) is 2.22. The quantitative estimate of drug-likeness (QED) is 0.895. The van der Waals surface area contributed by atoms with E-state index in [2.05, 4.69) is 5.32 Å². The zero-order chi connectivity index (χ0) is 17.6. The molecule has 1 saturated heterocycles. The minimum atomic E-state index is -0.217. The Hall–Kier alpha value is -2.62. The minimum absolute atomic E-state index is 0.156. The third-order valence-corrected chi connectivity index (χ3v) is 4.74. The van der Waals surface area contributed by atoms with Gasteiger partial charge in [0.2, 0.25) is 5.91 Å². The van der Waals surface area contributed by atoms with Gasteiger partial charge in [-0.15, -0.1) is 0 Å². The molecule has 1 N–H and O–H groups in total. The number of nitrogens with zero attached hydrogens (tertiary/aromatic N) is 1. The largest absolute Gasteiger partial charge is 0.342 e. The SMILES string of the molecule is CCC(C(=O)N1CCCC1)c1ccccc1NC(=O)c1ccccc1. The van der Waals surface area contributed by atoms with Crippen LogP contribution in [-0.2, 0) is 4.79 Å². The van der Waals surface area contributed by atoms with Crippen molar-refractivity contribution in [1.82, 2.24) is 4.90 Å². The van der Waals surface area contributed by atoms with E-state index in [4.69, 9.17) is 0 Å². The van der Waals surface area contributed by atoms with Crippen LogP contribution >= 0.6 is 0 Å². The van der Waals surface area contributed by atoms with Crippen LogP contribution in [-0.4, -0.2) is 29.8 Å². The summed E-state index contributed by atoms with van der Waals surface area (Å²) in [7, 11) is 0. The van der Waals surface area contributed by atoms with Crippen molar-refractivity contribution in [3.8, 4) is 0 Å². The molecule has 4 nitrogen and oxygen atoms in total. The molecular formula is C21H24N2O2. The van der Waals surface area contributed by atoms with Crippen LogP contribution in [0.5, 0.6) is 0 Å². The predicted octanol–water partition coefficient (Wildman–Crippen LogP) is 4.05. The number of likely N-dealkylation sites (tertiary alicyclic amines) is 1. The van der Waals surface area contributed by atoms with E-state index in [0.717, 1.165) is 37.2 Å². The number of carbonyl (C=O) groups is 2. The molecular weight excluding hydrogens is 312 g/mol. The Morgan fingerprint density at radius 2 is 1.64 bits per heavy atom. The summed E-state index contributed by atoms with van der Waals surface area (Å²) in [5.74, 6) is -0.205. The lowest BCUT2D eigenvalue weighted by Gasteiger charge is -2.24. The summed E-state index contributed by atoms with van der Waals surface area (Å²) in [4.78, 5) is 27.3. The molecule has 0 aromatic heterocycles. The molecule has 0 radical (unpaired) electrons. The van der Waals surface area contributed by atoms with E-state index in [0.29, 0.717) is 12.0 Å². The highest BCUT2D eigenvalue weighted by atomic mass is 16.2. The van der Waals surface area contributed by atoms with Crippen LogP contribution in [0.4, 0.5) is 5.69 Å². The summed E-state index contributed by atoms with van der Waals surface area (Å²) >= 11 is 0. The Labute approximate surface area is 148 Å². The second-order valence-corrected chi connectivity index (χ2v) is 6.40. The van der Waals surface area contributed by atoms with E-state index in [9.17, 15) is 9.59 Å². The second-order valence-electron chi connectivity index (χ2n) is 6.40. The number of hydrogen-bond donors (Lipinski definition) is 1. The van der Waals surface area contributed by atoms with E-state index in [1.807, 2.05) is 54.3 Å². The normalized spacial score (nSPS) is 15.0. The van der Waals surface area contributed by atoms with Gasteiger partial charge >= 0.3 is 0 Å². The lowest BCUT2D eigenvalue weighted by atomic mass is 9.93. The molecule has 0 saturated carbocycles. The average molecular weight is 336 g/mol. The zero-order valence-electron chi connectivity index (χ0n) is 14.6. The van der Waals surface area contributed by atoms with Crippen molar-refractivity contribution < 1.29 is 9.59 Å². The molecule has 0 spiro atoms. The third kappa shape index (κ3) is 3.90. The van der Waals surface area contributed by atoms with Crippen LogP contribution in [0, 0.1) is 0 Å². The third-order valence-electron chi connectivity index (χ3n) is 4.74. The van der Waals surface area contributed by atoms with Gasteiger partial charge in [-0.2, -0.15) is 0 Å². The maximum Gasteiger partial charge on any atom is 0.255 e. The summed E-state index contributed by atoms with van der Waals surface area (Å²) < 4.78 is 0. The van der Waals surface area contributed by atoms with E-state index in [-0.39, 0.29) is 17.7 Å². The van der Waals surface area contributed by atoms with Crippen LogP contribution < -0.4 is 5.32 Å². The molecule has 1 aliphatic rings. The number of rotatable bonds is 5. The molecule has 1 heterocycles. The highest BCUT2D eigenvalue weighted by Crippen LogP contribution is 2.30. The fourth-order valence-electron chi connectivity index (χ4n) is 3.38. The van der Waals surface area contributed by atoms with E-state index >= 15 is 0 Å². The maximum absolute atomic E-state index is 12.9. The number of nitrogens with one attached hydrogen (secondary N) is 1. The number of carbonyl (C=O) groups excluding carboxylic acids is 2. The van der Waals surface area contributed by atoms with Gasteiger partial charge in [-0.1, -0.05) is 43.3 Å². The van der Waals surface area contributed by atoms with Gasteiger partial charge in [-0.3, -0.25) is 9.59 Å². The van der Waals surface area contributed by atoms with Crippen molar-refractivity contribution in [2.45, 2.75) is 32.1 Å². The number of para-hydroxylation sites is 1. The second kappa shape index (κ2) is 7.97. The van der Waals surface area contributed by atoms with Gasteiger partial charge in [-0.25, -0.2) is 0 Å². The van der Waals surface area contributed by atoms with Gasteiger partial charge in [0.25, 0.3) is 5.91 Å². The Bertz CT molecular complexity index is 737. The first kappa shape index (κ1) is 17.2. The lowest BCUT2D eigenvalue weighted by Crippen LogP contribution is -2.33. The van der Waals surface area contributed by atoms with Crippen LogP contribution in [0.25, 0.3) is 0 Å². The molecule has 3 rings (SSSR count). The summed E-state index contributed by atoms with van der Waals surface area (Å²) in [5, 5.41) is 2.98. The first-order chi connectivity index (χ1) is 12.2. The molecule has 1 unspecified atom stereocenters. The molecule has 2 aromatic rings. The topological polar surface area (TPSA) is 49.4 Å². The Morgan fingerprint density at radius 1 is 1.00 bits per heavy atom. The summed E-state index contributed by atoms with van der Waals surface area (Å²) in [6, 6.07) is 16.8. The Kier molecular flexibility index (Phi) is 5.49. The average Bonchev–Trinajstić information content (AvgIpc) is 3.19. The number of hydrogen-bond acceptors (Lipinski definition) is 2. The van der Waals surface area contributed by atoms with Crippen molar-refractivity contribution >= 4 is 17.5 Å². The molecule has 1 fully saturated rings. The summed E-state index contributed by atoms with van der Waals surface area (Å²) in [6.45, 7) is 3.70. The standard InChI is InChI=1S/C21H24N2O2/c1-2-17(21(25)23-14-8-9-15-23)18-12-6-7-13-19(18)22-20(24)16-10-4-3-5-11-16/h3-7,10-13,17H,2,8-9,14-15H2,1H3,(H,22,24). The molecule has 4 heteroatoms. The monoisotopic (exact) mass is 336 g/mol. The molecule has 2 amide bonds. The first-order valence-corrected chi connectivity index (χ1v) is 8.95. The van der Waals surface area contributed by atoms with Crippen molar-refractivity contribution in [2.75, 3.05) is 18.4 Å². The highest BCUT2D eigenvalue weighted by Gasteiger charge is 2.28. The number of benzene rings is 2. The molecule has 130 valence electrons. The first-order valence-electron chi connectivity index (χ1n) is 8.95. The maximum atomic E-state index is 12.9. The molecule has 0 aliphatic carbocycles. The van der Waals surface area contributed by atoms with Crippen LogP contribution in [0.15, 0.2) is 54.6 Å². The van der Waals surface area contributed by atoms with Gasteiger partial charge in [0, 0.05) is 24.3 Å². The molecule has 0 bridgehead atoms. The lowest BCUT2D eigenvalue weighted by molar-refractivity contribution is -0.131. The highest BCUT2D eigenvalue weighted by molar-refractivity contribution is 6.05. The number of amides is 2. The van der Waals surface area contributed by atoms with E-state index in [1.54, 1.807) is 12.1 Å². The Morgan fingerprint density at radius 3 is 2.32 bits per heavy atom. The van der Waals surface area contributed by atoms with Crippen molar-refractivity contribution in [2.24, 2.45) is 0 Å². The van der Waals surface area contributed by atoms with Gasteiger partial charge < -0.3 is 10.2 Å². The zero-order valence-corrected chi connectivity index (χ0v) is 14.6. The number of anilines is 1. The fraction of sp³-hybridized carbons (Fsp3) is 0.333. The van der Waals surface area contributed by atoms with E-state index in [1.165, 1.54) is 0 Å². The van der Waals surface area contributed by atoms with Crippen LogP contribution in [0.3, 0.4) is 0 Å². The van der Waals surface area contributed by atoms with Gasteiger partial charge in [-0.05, 0) is 43.0 Å². The minimum Gasteiger partial charge on any atom is -0.342 e. The van der Waals surface area contributed by atoms with Gasteiger partial charge in [0.05, 0.1) is 5.92 Å². The van der Waals surface area contributed by atoms with Gasteiger partial charge in [0.15, 0.2) is 0 Å². The van der Waals surface area contributed by atoms with E-state index < -0.39 is 0 Å². The molecule has 1 aliphatic heterocycles. The smallest absolute Gasteiger partial charge is 0.255 e. The van der Waals surface area contributed by atoms with Crippen LogP contribution in [0.1, 0.15) is 48.0 Å². The van der Waals surface area contributed by atoms with Gasteiger partial charge in [0.1, 0.15) is 0 Å². The molecule has 25 heavy (non-hydrogen) atoms. The molecule has 1 atom stereocenters. The van der Waals surface area contributed by atoms with Crippen LogP contribution in [0.2, 0.25) is 0 Å². The fourth-order valence-corrected chi connectivity index (χ4v) is 3.38. The summed E-state index contributed by atoms with van der Waals surface area (Å²) in [6.07, 6.45) is 2.87. The Balaban J connectivity index is 1.84. The van der Waals surface area contributed by atoms with Crippen molar-refractivity contribution in [3.63, 3.8) is 0 Å². The van der Waals surface area contributed by atoms with Crippen molar-refractivity contribution in [3.05, 3.63) is 65.7 Å². The molecule has 2 aromatic carbocycles. The predicted molar refractivity (Wildman–Crippen MR) is 99.7 cm³/mol.